The van der Waals surface area contributed by atoms with Gasteiger partial charge in [0.15, 0.2) is 0 Å². The van der Waals surface area contributed by atoms with E-state index in [1.807, 2.05) is 25.1 Å². The quantitative estimate of drug-likeness (QED) is 0.702. The molecule has 2 atom stereocenters. The second kappa shape index (κ2) is 8.42. The van der Waals surface area contributed by atoms with Crippen LogP contribution in [0.1, 0.15) is 45.1 Å². The van der Waals surface area contributed by atoms with E-state index in [4.69, 9.17) is 5.11 Å². The molecular weight excluding hydrogens is 268 g/mol. The van der Waals surface area contributed by atoms with Crippen LogP contribution in [0.5, 0.6) is 0 Å². The Bertz CT molecular complexity index is 484. The predicted molar refractivity (Wildman–Crippen MR) is 83.1 cm³/mol. The van der Waals surface area contributed by atoms with E-state index >= 15 is 0 Å². The molecule has 0 aliphatic rings. The van der Waals surface area contributed by atoms with Crippen LogP contribution in [-0.2, 0) is 9.59 Å². The lowest BCUT2D eigenvalue weighted by Crippen LogP contribution is -2.43. The molecule has 5 nitrogen and oxygen atoms in total. The minimum Gasteiger partial charge on any atom is -0.394 e. The third-order valence-corrected chi connectivity index (χ3v) is 3.61. The zero-order valence-electron chi connectivity index (χ0n) is 12.8. The summed E-state index contributed by atoms with van der Waals surface area (Å²) in [6.07, 6.45) is 1.51. The fourth-order valence-electron chi connectivity index (χ4n) is 1.97. The van der Waals surface area contributed by atoms with Gasteiger partial charge in [-0.05, 0) is 30.4 Å². The van der Waals surface area contributed by atoms with E-state index in [0.717, 1.165) is 12.0 Å². The van der Waals surface area contributed by atoms with Crippen LogP contribution in [0.15, 0.2) is 24.3 Å². The van der Waals surface area contributed by atoms with Crippen LogP contribution in [0, 0.1) is 0 Å². The van der Waals surface area contributed by atoms with Crippen molar-refractivity contribution in [1.82, 2.24) is 5.32 Å². The molecule has 1 aromatic carbocycles. The molecule has 116 valence electrons. The summed E-state index contributed by atoms with van der Waals surface area (Å²) >= 11 is 0. The molecule has 0 radical (unpaired) electrons. The molecule has 1 aromatic rings. The van der Waals surface area contributed by atoms with Gasteiger partial charge in [-0.3, -0.25) is 9.59 Å². The molecule has 0 spiro atoms. The van der Waals surface area contributed by atoms with E-state index in [1.54, 1.807) is 6.07 Å². The van der Waals surface area contributed by atoms with Crippen LogP contribution in [0.3, 0.4) is 0 Å². The van der Waals surface area contributed by atoms with E-state index in [1.165, 1.54) is 0 Å². The molecule has 21 heavy (non-hydrogen) atoms. The average Bonchev–Trinajstić information content (AvgIpc) is 2.51. The summed E-state index contributed by atoms with van der Waals surface area (Å²) in [6, 6.07) is 7.08. The van der Waals surface area contributed by atoms with Crippen molar-refractivity contribution in [3.63, 3.8) is 0 Å². The number of hydrogen-bond donors (Lipinski definition) is 3. The van der Waals surface area contributed by atoms with Crippen molar-refractivity contribution in [2.45, 2.75) is 45.6 Å². The molecule has 0 aromatic heterocycles. The maximum absolute atomic E-state index is 11.9. The number of rotatable bonds is 6. The van der Waals surface area contributed by atoms with Crippen LogP contribution in [0.25, 0.3) is 0 Å². The molecule has 0 fully saturated rings. The number of carbonyl (C=O) groups is 2. The van der Waals surface area contributed by atoms with Crippen molar-refractivity contribution in [3.8, 4) is 0 Å². The van der Waals surface area contributed by atoms with Gasteiger partial charge in [0.05, 0.1) is 12.6 Å². The summed E-state index contributed by atoms with van der Waals surface area (Å²) in [7, 11) is 0. The van der Waals surface area contributed by atoms with Crippen LogP contribution in [-0.4, -0.2) is 29.6 Å². The average molecular weight is 292 g/mol. The van der Waals surface area contributed by atoms with Gasteiger partial charge >= 0.3 is 11.8 Å². The zero-order chi connectivity index (χ0) is 15.8. The normalized spacial score (nSPS) is 13.3. The Hall–Kier alpha value is -1.88. The number of carbonyl (C=O) groups excluding carboxylic acids is 2. The smallest absolute Gasteiger partial charge is 0.313 e. The highest BCUT2D eigenvalue weighted by molar-refractivity contribution is 6.39. The maximum Gasteiger partial charge on any atom is 0.313 e. The first-order chi connectivity index (χ1) is 10.0. The molecule has 0 heterocycles. The fraction of sp³-hybridized carbons (Fsp3) is 0.500. The summed E-state index contributed by atoms with van der Waals surface area (Å²) in [6.45, 7) is 5.79. The highest BCUT2D eigenvalue weighted by Crippen LogP contribution is 2.26. The predicted octanol–water partition coefficient (Wildman–Crippen LogP) is 2.03. The largest absolute Gasteiger partial charge is 0.394 e. The first kappa shape index (κ1) is 17.2. The molecule has 5 heteroatoms. The first-order valence-electron chi connectivity index (χ1n) is 7.35. The van der Waals surface area contributed by atoms with E-state index in [-0.39, 0.29) is 6.61 Å². The van der Waals surface area contributed by atoms with E-state index < -0.39 is 17.9 Å². The van der Waals surface area contributed by atoms with Gasteiger partial charge < -0.3 is 15.7 Å². The molecule has 3 N–H and O–H groups in total. The van der Waals surface area contributed by atoms with Gasteiger partial charge in [-0.25, -0.2) is 0 Å². The van der Waals surface area contributed by atoms with Gasteiger partial charge in [0.1, 0.15) is 0 Å². The Kier molecular flexibility index (Phi) is 6.88. The van der Waals surface area contributed by atoms with Gasteiger partial charge in [-0.1, -0.05) is 39.0 Å². The standard InChI is InChI=1S/C16H24N2O3/c1-4-11(3)13-8-6-7-9-14(13)18-16(21)15(20)17-12(5-2)10-19/h6-9,11-12,19H,4-5,10H2,1-3H3,(H,17,20)(H,18,21). The fourth-order valence-corrected chi connectivity index (χ4v) is 1.97. The summed E-state index contributed by atoms with van der Waals surface area (Å²) in [5.74, 6) is -1.14. The molecule has 0 aliphatic heterocycles. The third kappa shape index (κ3) is 4.86. The van der Waals surface area contributed by atoms with Crippen molar-refractivity contribution in [3.05, 3.63) is 29.8 Å². The second-order valence-electron chi connectivity index (χ2n) is 5.11. The highest BCUT2D eigenvalue weighted by Gasteiger charge is 2.19. The van der Waals surface area contributed by atoms with Gasteiger partial charge in [0.2, 0.25) is 0 Å². The number of nitrogens with one attached hydrogen (secondary N) is 2. The lowest BCUT2D eigenvalue weighted by molar-refractivity contribution is -0.136. The third-order valence-electron chi connectivity index (χ3n) is 3.61. The SMILES string of the molecule is CCC(CO)NC(=O)C(=O)Nc1ccccc1C(C)CC. The van der Waals surface area contributed by atoms with Crippen molar-refractivity contribution in [2.24, 2.45) is 0 Å². The Morgan fingerprint density at radius 1 is 1.14 bits per heavy atom. The molecule has 0 saturated heterocycles. The van der Waals surface area contributed by atoms with Crippen LogP contribution in [0.2, 0.25) is 0 Å². The topological polar surface area (TPSA) is 78.4 Å². The van der Waals surface area contributed by atoms with Gasteiger partial charge in [-0.2, -0.15) is 0 Å². The summed E-state index contributed by atoms with van der Waals surface area (Å²) in [5, 5.41) is 14.2. The molecular formula is C16H24N2O3. The van der Waals surface area contributed by atoms with Crippen LogP contribution in [0.4, 0.5) is 5.69 Å². The summed E-state index contributed by atoms with van der Waals surface area (Å²) in [4.78, 5) is 23.7. The monoisotopic (exact) mass is 292 g/mol. The molecule has 2 unspecified atom stereocenters. The number of hydrogen-bond acceptors (Lipinski definition) is 3. The number of para-hydroxylation sites is 1. The van der Waals surface area contributed by atoms with E-state index in [2.05, 4.69) is 24.5 Å². The van der Waals surface area contributed by atoms with E-state index in [0.29, 0.717) is 18.0 Å². The molecule has 2 amide bonds. The van der Waals surface area contributed by atoms with Crippen molar-refractivity contribution in [1.29, 1.82) is 0 Å². The summed E-state index contributed by atoms with van der Waals surface area (Å²) in [5.41, 5.74) is 1.67. The van der Waals surface area contributed by atoms with Gasteiger partial charge in [-0.15, -0.1) is 0 Å². The maximum atomic E-state index is 11.9. The minimum absolute atomic E-state index is 0.182. The first-order valence-corrected chi connectivity index (χ1v) is 7.35. The van der Waals surface area contributed by atoms with E-state index in [9.17, 15) is 9.59 Å². The van der Waals surface area contributed by atoms with Crippen molar-refractivity contribution in [2.75, 3.05) is 11.9 Å². The van der Waals surface area contributed by atoms with Crippen LogP contribution < -0.4 is 10.6 Å². The van der Waals surface area contributed by atoms with Gasteiger partial charge in [0.25, 0.3) is 0 Å². The molecule has 0 bridgehead atoms. The number of anilines is 1. The van der Waals surface area contributed by atoms with Crippen molar-refractivity contribution < 1.29 is 14.7 Å². The van der Waals surface area contributed by atoms with Crippen LogP contribution >= 0.6 is 0 Å². The lowest BCUT2D eigenvalue weighted by Gasteiger charge is -2.17. The molecule has 0 saturated carbocycles. The van der Waals surface area contributed by atoms with Gasteiger partial charge in [0, 0.05) is 5.69 Å². The number of aliphatic hydroxyl groups is 1. The Morgan fingerprint density at radius 3 is 2.38 bits per heavy atom. The zero-order valence-corrected chi connectivity index (χ0v) is 12.8. The Morgan fingerprint density at radius 2 is 1.81 bits per heavy atom. The molecule has 1 rings (SSSR count). The summed E-state index contributed by atoms with van der Waals surface area (Å²) < 4.78 is 0. The number of benzene rings is 1. The Balaban J connectivity index is 2.77. The minimum atomic E-state index is -0.727. The second-order valence-corrected chi connectivity index (χ2v) is 5.11. The molecule has 0 aliphatic carbocycles. The lowest BCUT2D eigenvalue weighted by atomic mass is 9.97. The van der Waals surface area contributed by atoms with Crippen molar-refractivity contribution >= 4 is 17.5 Å². The Labute approximate surface area is 125 Å². The highest BCUT2D eigenvalue weighted by atomic mass is 16.3. The number of aliphatic hydroxyl groups excluding tert-OH is 1. The number of amides is 2.